The first-order chi connectivity index (χ1) is 11.0. The first kappa shape index (κ1) is 18.5. The molecule has 0 atom stereocenters. The molecule has 0 aromatic carbocycles. The van der Waals surface area contributed by atoms with Crippen molar-refractivity contribution >= 4 is 0 Å². The normalized spacial score (nSPS) is 13.6. The van der Waals surface area contributed by atoms with E-state index >= 15 is 0 Å². The lowest BCUT2D eigenvalue weighted by molar-refractivity contribution is 0.277. The lowest BCUT2D eigenvalue weighted by atomic mass is 10.1. The Morgan fingerprint density at radius 3 is 1.87 bits per heavy atom. The predicted molar refractivity (Wildman–Crippen MR) is 89.4 cm³/mol. The smallest absolute Gasteiger partial charge is 0.102 e. The molecule has 0 bridgehead atoms. The van der Waals surface area contributed by atoms with Gasteiger partial charge in [0.15, 0.2) is 0 Å². The first-order valence-electron chi connectivity index (χ1n) is 7.64. The fraction of sp³-hybridized carbons (Fsp3) is 0.471. The zero-order valence-corrected chi connectivity index (χ0v) is 14.1. The Labute approximate surface area is 138 Å². The van der Waals surface area contributed by atoms with Crippen LogP contribution in [0.15, 0.2) is 30.9 Å². The highest BCUT2D eigenvalue weighted by atomic mass is 15.2. The molecule has 1 aliphatic rings. The van der Waals surface area contributed by atoms with Crippen molar-refractivity contribution in [2.45, 2.75) is 19.3 Å². The standard InChI is InChI=1S/C6H6N2.C6H13N.C5H5N3/c1-8-3-2-6(4-7)5-8;1-7-5-3-2-4-6-7;1-8-4-5(2-6)3-7-8/h2-3,5H,1H3;2-6H2,1H3;3-4H,1H3. The molecule has 0 amide bonds. The molecule has 0 N–H and O–H groups in total. The number of aromatic nitrogens is 3. The third-order valence-corrected chi connectivity index (χ3v) is 3.37. The van der Waals surface area contributed by atoms with E-state index in [1.54, 1.807) is 30.2 Å². The SMILES string of the molecule is CN1CCCCC1.Cn1cc(C#N)cn1.Cn1ccc(C#N)c1. The van der Waals surface area contributed by atoms with E-state index in [0.717, 1.165) is 0 Å². The van der Waals surface area contributed by atoms with Gasteiger partial charge in [0.1, 0.15) is 12.1 Å². The minimum absolute atomic E-state index is 0.604. The predicted octanol–water partition coefficient (Wildman–Crippen LogP) is 2.29. The highest BCUT2D eigenvalue weighted by Gasteiger charge is 2.02. The Bertz CT molecular complexity index is 599. The monoisotopic (exact) mass is 312 g/mol. The third-order valence-electron chi connectivity index (χ3n) is 3.37. The van der Waals surface area contributed by atoms with Crippen molar-refractivity contribution in [3.05, 3.63) is 42.0 Å². The molecule has 3 heterocycles. The van der Waals surface area contributed by atoms with E-state index in [1.165, 1.54) is 38.5 Å². The molecule has 122 valence electrons. The Hall–Kier alpha value is -2.57. The van der Waals surface area contributed by atoms with Crippen molar-refractivity contribution in [3.63, 3.8) is 0 Å². The minimum atomic E-state index is 0.604. The zero-order valence-electron chi connectivity index (χ0n) is 14.1. The average molecular weight is 312 g/mol. The van der Waals surface area contributed by atoms with Gasteiger partial charge in [-0.2, -0.15) is 15.6 Å². The van der Waals surface area contributed by atoms with Gasteiger partial charge in [-0.05, 0) is 39.0 Å². The maximum Gasteiger partial charge on any atom is 0.102 e. The van der Waals surface area contributed by atoms with Crippen LogP contribution < -0.4 is 0 Å². The van der Waals surface area contributed by atoms with Gasteiger partial charge < -0.3 is 9.47 Å². The molecule has 1 saturated heterocycles. The maximum absolute atomic E-state index is 8.29. The first-order valence-corrected chi connectivity index (χ1v) is 7.64. The second-order valence-electron chi connectivity index (χ2n) is 5.56. The summed E-state index contributed by atoms with van der Waals surface area (Å²) in [5, 5.41) is 20.3. The van der Waals surface area contributed by atoms with Gasteiger partial charge in [0.05, 0.1) is 17.3 Å². The molecule has 2 aromatic heterocycles. The number of piperidine rings is 1. The molecule has 0 saturated carbocycles. The molecule has 2 aromatic rings. The summed E-state index contributed by atoms with van der Waals surface area (Å²) < 4.78 is 3.44. The summed E-state index contributed by atoms with van der Waals surface area (Å²) in [7, 11) is 5.86. The number of nitriles is 2. The van der Waals surface area contributed by atoms with Gasteiger partial charge in [-0.15, -0.1) is 0 Å². The zero-order chi connectivity index (χ0) is 17.1. The van der Waals surface area contributed by atoms with Crippen LogP contribution in [0, 0.1) is 22.7 Å². The van der Waals surface area contributed by atoms with Crippen molar-refractivity contribution in [1.29, 1.82) is 10.5 Å². The minimum Gasteiger partial charge on any atom is -0.356 e. The number of hydrogen-bond donors (Lipinski definition) is 0. The van der Waals surface area contributed by atoms with Crippen molar-refractivity contribution in [2.75, 3.05) is 20.1 Å². The van der Waals surface area contributed by atoms with Crippen LogP contribution in [0.25, 0.3) is 0 Å². The largest absolute Gasteiger partial charge is 0.356 e. The summed E-state index contributed by atoms with van der Waals surface area (Å²) in [6, 6.07) is 5.77. The fourth-order valence-corrected chi connectivity index (χ4v) is 2.10. The van der Waals surface area contributed by atoms with Crippen molar-refractivity contribution in [2.24, 2.45) is 14.1 Å². The fourth-order valence-electron chi connectivity index (χ4n) is 2.10. The summed E-state index contributed by atoms with van der Waals surface area (Å²) in [5.41, 5.74) is 1.32. The van der Waals surface area contributed by atoms with Crippen LogP contribution in [-0.4, -0.2) is 39.4 Å². The van der Waals surface area contributed by atoms with E-state index < -0.39 is 0 Å². The molecule has 0 aliphatic carbocycles. The van der Waals surface area contributed by atoms with E-state index in [1.807, 2.05) is 30.0 Å². The van der Waals surface area contributed by atoms with Crippen molar-refractivity contribution in [1.82, 2.24) is 19.2 Å². The van der Waals surface area contributed by atoms with Crippen LogP contribution in [0.4, 0.5) is 0 Å². The Balaban J connectivity index is 0.000000173. The summed E-state index contributed by atoms with van der Waals surface area (Å²) in [6.45, 7) is 2.64. The average Bonchev–Trinajstić information content (AvgIpc) is 3.17. The highest BCUT2D eigenvalue weighted by molar-refractivity contribution is 5.25. The molecule has 0 spiro atoms. The van der Waals surface area contributed by atoms with Gasteiger partial charge in [0.2, 0.25) is 0 Å². The lowest BCUT2D eigenvalue weighted by Gasteiger charge is -2.20. The van der Waals surface area contributed by atoms with E-state index in [9.17, 15) is 0 Å². The lowest BCUT2D eigenvalue weighted by Crippen LogP contribution is -2.24. The Morgan fingerprint density at radius 1 is 0.957 bits per heavy atom. The molecular formula is C17H24N6. The second kappa shape index (κ2) is 10.2. The molecule has 6 heteroatoms. The highest BCUT2D eigenvalue weighted by Crippen LogP contribution is 2.04. The van der Waals surface area contributed by atoms with Gasteiger partial charge in [0, 0.05) is 32.7 Å². The van der Waals surface area contributed by atoms with E-state index in [2.05, 4.69) is 17.0 Å². The van der Waals surface area contributed by atoms with Gasteiger partial charge in [-0.1, -0.05) is 6.42 Å². The Morgan fingerprint density at radius 2 is 1.61 bits per heavy atom. The van der Waals surface area contributed by atoms with Crippen molar-refractivity contribution < 1.29 is 0 Å². The van der Waals surface area contributed by atoms with E-state index in [0.29, 0.717) is 11.1 Å². The molecule has 0 unspecified atom stereocenters. The van der Waals surface area contributed by atoms with Crippen LogP contribution in [0.3, 0.4) is 0 Å². The van der Waals surface area contributed by atoms with E-state index in [4.69, 9.17) is 10.5 Å². The van der Waals surface area contributed by atoms with Gasteiger partial charge in [0.25, 0.3) is 0 Å². The van der Waals surface area contributed by atoms with Crippen LogP contribution in [-0.2, 0) is 14.1 Å². The molecular weight excluding hydrogens is 288 g/mol. The Kier molecular flexibility index (Phi) is 8.20. The summed E-state index contributed by atoms with van der Waals surface area (Å²) >= 11 is 0. The third kappa shape index (κ3) is 7.85. The quantitative estimate of drug-likeness (QED) is 0.748. The number of rotatable bonds is 0. The van der Waals surface area contributed by atoms with E-state index in [-0.39, 0.29) is 0 Å². The second-order valence-corrected chi connectivity index (χ2v) is 5.56. The molecule has 0 radical (unpaired) electrons. The van der Waals surface area contributed by atoms with Gasteiger partial charge in [-0.25, -0.2) is 0 Å². The molecule has 23 heavy (non-hydrogen) atoms. The maximum atomic E-state index is 8.29. The van der Waals surface area contributed by atoms with Gasteiger partial charge >= 0.3 is 0 Å². The van der Waals surface area contributed by atoms with Crippen LogP contribution in [0.5, 0.6) is 0 Å². The van der Waals surface area contributed by atoms with Crippen LogP contribution in [0.1, 0.15) is 30.4 Å². The molecule has 1 aliphatic heterocycles. The van der Waals surface area contributed by atoms with Crippen LogP contribution in [0.2, 0.25) is 0 Å². The molecule has 1 fully saturated rings. The van der Waals surface area contributed by atoms with Crippen molar-refractivity contribution in [3.8, 4) is 12.1 Å². The summed E-state index contributed by atoms with van der Waals surface area (Å²) in [6.07, 6.45) is 11.1. The number of nitrogens with zero attached hydrogens (tertiary/aromatic N) is 6. The molecule has 6 nitrogen and oxygen atoms in total. The van der Waals surface area contributed by atoms with Gasteiger partial charge in [-0.3, -0.25) is 4.68 Å². The topological polar surface area (TPSA) is 73.6 Å². The van der Waals surface area contributed by atoms with Crippen LogP contribution >= 0.6 is 0 Å². The molecule has 3 rings (SSSR count). The summed E-state index contributed by atoms with van der Waals surface area (Å²) in [4.78, 5) is 2.39. The number of hydrogen-bond acceptors (Lipinski definition) is 4. The number of likely N-dealkylation sites (tertiary alicyclic amines) is 1. The number of aryl methyl sites for hydroxylation is 2. The summed E-state index contributed by atoms with van der Waals surface area (Å²) in [5.74, 6) is 0.